The van der Waals surface area contributed by atoms with Gasteiger partial charge < -0.3 is 15.0 Å². The van der Waals surface area contributed by atoms with E-state index in [0.29, 0.717) is 12.3 Å². The van der Waals surface area contributed by atoms with Gasteiger partial charge in [-0.1, -0.05) is 12.8 Å². The van der Waals surface area contributed by atoms with Gasteiger partial charge in [-0.2, -0.15) is 0 Å². The van der Waals surface area contributed by atoms with Crippen LogP contribution < -0.4 is 16.0 Å². The number of methoxy groups -OCH3 is 1. The third kappa shape index (κ3) is 3.36. The Morgan fingerprint density at radius 2 is 2.05 bits per heavy atom. The van der Waals surface area contributed by atoms with Crippen molar-refractivity contribution in [3.8, 4) is 5.75 Å². The zero-order valence-electron chi connectivity index (χ0n) is 11.8. The van der Waals surface area contributed by atoms with Crippen molar-refractivity contribution in [2.24, 2.45) is 5.73 Å². The molecule has 0 unspecified atom stereocenters. The van der Waals surface area contributed by atoms with Gasteiger partial charge in [0.05, 0.1) is 24.3 Å². The molecule has 0 saturated heterocycles. The summed E-state index contributed by atoms with van der Waals surface area (Å²) in [4.78, 5) is 16.3. The third-order valence-electron chi connectivity index (χ3n) is 3.38. The molecule has 2 heterocycles. The number of ether oxygens (including phenoxy) is 1. The standard InChI is InChI=1S/C15H21N3O2/c1-20-12-10-14-13(17-11-12)6-7-15(19)18(14)9-5-3-2-4-8-16/h6-7,10-11H,2-5,8-9,16H2,1H3. The van der Waals surface area contributed by atoms with Gasteiger partial charge in [0.25, 0.3) is 5.56 Å². The van der Waals surface area contributed by atoms with E-state index in [1.54, 1.807) is 30.0 Å². The Hall–Kier alpha value is -1.88. The molecule has 5 nitrogen and oxygen atoms in total. The molecule has 0 radical (unpaired) electrons. The quantitative estimate of drug-likeness (QED) is 0.784. The van der Waals surface area contributed by atoms with Crippen LogP contribution >= 0.6 is 0 Å². The molecule has 0 saturated carbocycles. The normalized spacial score (nSPS) is 10.9. The highest BCUT2D eigenvalue weighted by Crippen LogP contribution is 2.17. The number of hydrogen-bond donors (Lipinski definition) is 1. The molecule has 0 amide bonds. The molecule has 0 atom stereocenters. The van der Waals surface area contributed by atoms with Gasteiger partial charge in [-0.3, -0.25) is 9.78 Å². The lowest BCUT2D eigenvalue weighted by molar-refractivity contribution is 0.413. The molecular formula is C15H21N3O2. The molecule has 0 spiro atoms. The summed E-state index contributed by atoms with van der Waals surface area (Å²) >= 11 is 0. The van der Waals surface area contributed by atoms with E-state index in [-0.39, 0.29) is 5.56 Å². The SMILES string of the molecule is COc1cnc2ccc(=O)n(CCCCCCN)c2c1. The Morgan fingerprint density at radius 3 is 2.80 bits per heavy atom. The highest BCUT2D eigenvalue weighted by Gasteiger charge is 2.05. The van der Waals surface area contributed by atoms with E-state index in [1.165, 1.54) is 0 Å². The predicted octanol–water partition coefficient (Wildman–Crippen LogP) is 1.92. The molecule has 108 valence electrons. The molecule has 2 rings (SSSR count). The van der Waals surface area contributed by atoms with Crippen LogP contribution in [0.3, 0.4) is 0 Å². The highest BCUT2D eigenvalue weighted by molar-refractivity contribution is 5.75. The second-order valence-corrected chi connectivity index (χ2v) is 4.81. The minimum absolute atomic E-state index is 0.00591. The van der Waals surface area contributed by atoms with Crippen molar-refractivity contribution in [2.75, 3.05) is 13.7 Å². The summed E-state index contributed by atoms with van der Waals surface area (Å²) in [5.41, 5.74) is 7.12. The number of rotatable bonds is 7. The van der Waals surface area contributed by atoms with Crippen LogP contribution in [0.4, 0.5) is 0 Å². The summed E-state index contributed by atoms with van der Waals surface area (Å²) in [7, 11) is 1.60. The molecule has 2 aromatic rings. The van der Waals surface area contributed by atoms with E-state index in [1.807, 2.05) is 6.07 Å². The number of pyridine rings is 2. The minimum atomic E-state index is 0.00591. The first-order valence-corrected chi connectivity index (χ1v) is 7.00. The zero-order valence-corrected chi connectivity index (χ0v) is 11.8. The second kappa shape index (κ2) is 7.05. The number of aryl methyl sites for hydroxylation is 1. The third-order valence-corrected chi connectivity index (χ3v) is 3.38. The van der Waals surface area contributed by atoms with Crippen LogP contribution in [-0.2, 0) is 6.54 Å². The Kier molecular flexibility index (Phi) is 5.12. The number of fused-ring (bicyclic) bond motifs is 1. The largest absolute Gasteiger partial charge is 0.495 e. The summed E-state index contributed by atoms with van der Waals surface area (Å²) in [6.45, 7) is 1.44. The Balaban J connectivity index is 2.21. The van der Waals surface area contributed by atoms with Crippen LogP contribution in [0.25, 0.3) is 11.0 Å². The van der Waals surface area contributed by atoms with Crippen LogP contribution in [0.1, 0.15) is 25.7 Å². The van der Waals surface area contributed by atoms with Gasteiger partial charge in [-0.05, 0) is 25.5 Å². The fraction of sp³-hybridized carbons (Fsp3) is 0.467. The van der Waals surface area contributed by atoms with Crippen molar-refractivity contribution in [1.82, 2.24) is 9.55 Å². The molecular weight excluding hydrogens is 254 g/mol. The monoisotopic (exact) mass is 275 g/mol. The number of aromatic nitrogens is 2. The van der Waals surface area contributed by atoms with Crippen molar-refractivity contribution < 1.29 is 4.74 Å². The Bertz CT molecular complexity index is 622. The van der Waals surface area contributed by atoms with E-state index >= 15 is 0 Å². The topological polar surface area (TPSA) is 70.1 Å². The predicted molar refractivity (Wildman–Crippen MR) is 80.1 cm³/mol. The molecule has 0 fully saturated rings. The first kappa shape index (κ1) is 14.5. The number of hydrogen-bond acceptors (Lipinski definition) is 4. The minimum Gasteiger partial charge on any atom is -0.495 e. The summed E-state index contributed by atoms with van der Waals surface area (Å²) in [6.07, 6.45) is 5.86. The van der Waals surface area contributed by atoms with Gasteiger partial charge in [-0.15, -0.1) is 0 Å². The maximum atomic E-state index is 12.0. The van der Waals surface area contributed by atoms with Gasteiger partial charge >= 0.3 is 0 Å². The lowest BCUT2D eigenvalue weighted by Crippen LogP contribution is -2.19. The molecule has 0 aliphatic heterocycles. The van der Waals surface area contributed by atoms with Gasteiger partial charge in [0.1, 0.15) is 5.75 Å². The van der Waals surface area contributed by atoms with Crippen molar-refractivity contribution in [2.45, 2.75) is 32.2 Å². The Morgan fingerprint density at radius 1 is 1.25 bits per heavy atom. The lowest BCUT2D eigenvalue weighted by atomic mass is 10.2. The van der Waals surface area contributed by atoms with E-state index < -0.39 is 0 Å². The Labute approximate surface area is 118 Å². The van der Waals surface area contributed by atoms with E-state index in [9.17, 15) is 4.79 Å². The smallest absolute Gasteiger partial charge is 0.251 e. The first-order chi connectivity index (χ1) is 9.76. The van der Waals surface area contributed by atoms with Gasteiger partial charge in [0.2, 0.25) is 0 Å². The molecule has 0 bridgehead atoms. The van der Waals surface area contributed by atoms with Crippen LogP contribution in [0.2, 0.25) is 0 Å². The fourth-order valence-corrected chi connectivity index (χ4v) is 2.26. The van der Waals surface area contributed by atoms with Crippen molar-refractivity contribution in [3.63, 3.8) is 0 Å². The summed E-state index contributed by atoms with van der Waals surface area (Å²) in [5.74, 6) is 0.667. The molecule has 5 heteroatoms. The summed E-state index contributed by atoms with van der Waals surface area (Å²) in [6, 6.07) is 5.19. The number of unbranched alkanes of at least 4 members (excludes halogenated alkanes) is 3. The lowest BCUT2D eigenvalue weighted by Gasteiger charge is -2.10. The molecule has 0 aliphatic carbocycles. The van der Waals surface area contributed by atoms with Crippen molar-refractivity contribution >= 4 is 11.0 Å². The number of nitrogens with zero attached hydrogens (tertiary/aromatic N) is 2. The van der Waals surface area contributed by atoms with Gasteiger partial charge in [0.15, 0.2) is 0 Å². The average Bonchev–Trinajstić information content (AvgIpc) is 2.48. The molecule has 0 aliphatic rings. The van der Waals surface area contributed by atoms with Crippen molar-refractivity contribution in [3.05, 3.63) is 34.7 Å². The van der Waals surface area contributed by atoms with E-state index in [0.717, 1.165) is 43.3 Å². The average molecular weight is 275 g/mol. The van der Waals surface area contributed by atoms with Gasteiger partial charge in [-0.25, -0.2) is 0 Å². The van der Waals surface area contributed by atoms with Crippen LogP contribution in [-0.4, -0.2) is 23.2 Å². The maximum absolute atomic E-state index is 12.0. The maximum Gasteiger partial charge on any atom is 0.251 e. The second-order valence-electron chi connectivity index (χ2n) is 4.81. The van der Waals surface area contributed by atoms with E-state index in [4.69, 9.17) is 10.5 Å². The van der Waals surface area contributed by atoms with Gasteiger partial charge in [0, 0.05) is 18.7 Å². The van der Waals surface area contributed by atoms with Crippen molar-refractivity contribution in [1.29, 1.82) is 0 Å². The summed E-state index contributed by atoms with van der Waals surface area (Å²) < 4.78 is 6.95. The van der Waals surface area contributed by atoms with Crippen LogP contribution in [0.5, 0.6) is 5.75 Å². The number of nitrogens with two attached hydrogens (primary N) is 1. The highest BCUT2D eigenvalue weighted by atomic mass is 16.5. The first-order valence-electron chi connectivity index (χ1n) is 7.00. The van der Waals surface area contributed by atoms with Crippen LogP contribution in [0, 0.1) is 0 Å². The molecule has 2 N–H and O–H groups in total. The fourth-order valence-electron chi connectivity index (χ4n) is 2.26. The molecule has 0 aromatic carbocycles. The zero-order chi connectivity index (χ0) is 14.4. The van der Waals surface area contributed by atoms with Crippen LogP contribution in [0.15, 0.2) is 29.2 Å². The summed E-state index contributed by atoms with van der Waals surface area (Å²) in [5, 5.41) is 0. The molecule has 20 heavy (non-hydrogen) atoms. The van der Waals surface area contributed by atoms with E-state index in [2.05, 4.69) is 4.98 Å². The molecule has 2 aromatic heterocycles.